The van der Waals surface area contributed by atoms with E-state index in [1.165, 1.54) is 16.7 Å². The van der Waals surface area contributed by atoms with Gasteiger partial charge in [0.2, 0.25) is 0 Å². The maximum Gasteiger partial charge on any atom is 0.311 e. The van der Waals surface area contributed by atoms with Gasteiger partial charge in [-0.15, -0.1) is 0 Å². The number of aryl methyl sites for hydroxylation is 2. The number of nitrogens with one attached hydrogen (secondary N) is 1. The minimum Gasteiger partial charge on any atom is -0.493 e. The molecule has 0 fully saturated rings. The van der Waals surface area contributed by atoms with Crippen LogP contribution in [0.3, 0.4) is 0 Å². The SMILES string of the molecule is COc1cc(CNC(=S)OCC(COC(=O)C(C)(C)C)Cc2ccc(C)c(C)c2)ccc1OCCN. The Morgan fingerprint density at radius 2 is 1.69 bits per heavy atom. The van der Waals surface area contributed by atoms with E-state index in [1.54, 1.807) is 7.11 Å². The van der Waals surface area contributed by atoms with Gasteiger partial charge in [-0.05, 0) is 87.6 Å². The molecule has 8 heteroatoms. The second kappa shape index (κ2) is 14.0. The van der Waals surface area contributed by atoms with Gasteiger partial charge in [-0.3, -0.25) is 4.79 Å². The normalized spacial score (nSPS) is 12.0. The fourth-order valence-corrected chi connectivity index (χ4v) is 3.51. The zero-order valence-electron chi connectivity index (χ0n) is 22.3. The summed E-state index contributed by atoms with van der Waals surface area (Å²) in [6.07, 6.45) is 0.711. The average molecular weight is 517 g/mol. The second-order valence-electron chi connectivity index (χ2n) is 9.91. The minimum absolute atomic E-state index is 0.0442. The highest BCUT2D eigenvalue weighted by Crippen LogP contribution is 2.28. The van der Waals surface area contributed by atoms with Gasteiger partial charge in [-0.2, -0.15) is 0 Å². The zero-order chi connectivity index (χ0) is 26.7. The molecule has 2 rings (SSSR count). The molecule has 2 aromatic carbocycles. The molecule has 0 heterocycles. The first-order chi connectivity index (χ1) is 17.0. The van der Waals surface area contributed by atoms with Crippen LogP contribution in [0.2, 0.25) is 0 Å². The quantitative estimate of drug-likeness (QED) is 0.315. The van der Waals surface area contributed by atoms with E-state index in [-0.39, 0.29) is 23.7 Å². The standard InChI is InChI=1S/C28H40N2O5S/c1-19-7-8-21(13-20(19)2)14-23(17-34-26(31)28(3,4)5)18-35-27(36)30-16-22-9-10-24(33-12-11-29)25(15-22)32-6/h7-10,13,15,23H,11-12,14,16-18,29H2,1-6H3,(H,30,36). The van der Waals surface area contributed by atoms with Crippen LogP contribution in [-0.2, 0) is 27.2 Å². The van der Waals surface area contributed by atoms with Crippen molar-refractivity contribution in [3.63, 3.8) is 0 Å². The average Bonchev–Trinajstić information content (AvgIpc) is 2.84. The van der Waals surface area contributed by atoms with E-state index in [1.807, 2.05) is 39.0 Å². The number of hydrogen-bond acceptors (Lipinski definition) is 7. The molecule has 1 atom stereocenters. The highest BCUT2D eigenvalue weighted by Gasteiger charge is 2.25. The van der Waals surface area contributed by atoms with E-state index in [0.29, 0.717) is 44.2 Å². The van der Waals surface area contributed by atoms with Gasteiger partial charge in [0.15, 0.2) is 11.5 Å². The summed E-state index contributed by atoms with van der Waals surface area (Å²) in [7, 11) is 1.59. The topological polar surface area (TPSA) is 92.0 Å². The van der Waals surface area contributed by atoms with Gasteiger partial charge in [-0.1, -0.05) is 24.3 Å². The van der Waals surface area contributed by atoms with E-state index < -0.39 is 5.41 Å². The number of benzene rings is 2. The molecule has 36 heavy (non-hydrogen) atoms. The van der Waals surface area contributed by atoms with E-state index >= 15 is 0 Å². The summed E-state index contributed by atoms with van der Waals surface area (Å²) in [5, 5.41) is 3.41. The molecule has 0 saturated heterocycles. The summed E-state index contributed by atoms with van der Waals surface area (Å²) < 4.78 is 22.5. The van der Waals surface area contributed by atoms with Gasteiger partial charge < -0.3 is 30.0 Å². The van der Waals surface area contributed by atoms with E-state index in [4.69, 9.17) is 36.9 Å². The predicted molar refractivity (Wildman–Crippen MR) is 146 cm³/mol. The van der Waals surface area contributed by atoms with Crippen LogP contribution in [0.15, 0.2) is 36.4 Å². The van der Waals surface area contributed by atoms with E-state index in [2.05, 4.69) is 37.4 Å². The van der Waals surface area contributed by atoms with Gasteiger partial charge >= 0.3 is 5.97 Å². The lowest BCUT2D eigenvalue weighted by molar-refractivity contribution is -0.154. The van der Waals surface area contributed by atoms with Crippen molar-refractivity contribution < 1.29 is 23.7 Å². The maximum atomic E-state index is 12.3. The number of hydrogen-bond donors (Lipinski definition) is 2. The van der Waals surface area contributed by atoms with Gasteiger partial charge in [0.25, 0.3) is 5.17 Å². The lowest BCUT2D eigenvalue weighted by atomic mass is 9.96. The molecular weight excluding hydrogens is 476 g/mol. The minimum atomic E-state index is -0.561. The fraction of sp³-hybridized carbons (Fsp3) is 0.500. The Kier molecular flexibility index (Phi) is 11.5. The largest absolute Gasteiger partial charge is 0.493 e. The Morgan fingerprint density at radius 1 is 1.00 bits per heavy atom. The molecule has 3 N–H and O–H groups in total. The van der Waals surface area contributed by atoms with E-state index in [0.717, 1.165) is 5.56 Å². The second-order valence-corrected chi connectivity index (χ2v) is 10.3. The molecule has 0 spiro atoms. The van der Waals surface area contributed by atoms with Crippen molar-refractivity contribution in [2.75, 3.05) is 33.5 Å². The van der Waals surface area contributed by atoms with Gasteiger partial charge in [0, 0.05) is 19.0 Å². The van der Waals surface area contributed by atoms with Crippen LogP contribution in [0.5, 0.6) is 11.5 Å². The number of thiocarbonyl (C=S) groups is 1. The predicted octanol–water partition coefficient (Wildman–Crippen LogP) is 4.49. The first-order valence-corrected chi connectivity index (χ1v) is 12.6. The smallest absolute Gasteiger partial charge is 0.311 e. The summed E-state index contributed by atoms with van der Waals surface area (Å²) in [5.74, 6) is 0.992. The summed E-state index contributed by atoms with van der Waals surface area (Å²) >= 11 is 5.40. The molecule has 0 bridgehead atoms. The Balaban J connectivity index is 1.96. The lowest BCUT2D eigenvalue weighted by Crippen LogP contribution is -2.30. The molecule has 0 radical (unpaired) electrons. The van der Waals surface area contributed by atoms with Crippen molar-refractivity contribution in [3.8, 4) is 11.5 Å². The molecule has 0 aliphatic carbocycles. The van der Waals surface area contributed by atoms with Gasteiger partial charge in [-0.25, -0.2) is 0 Å². The molecule has 0 aliphatic heterocycles. The molecule has 198 valence electrons. The summed E-state index contributed by atoms with van der Waals surface area (Å²) in [4.78, 5) is 12.3. The molecule has 1 unspecified atom stereocenters. The maximum absolute atomic E-state index is 12.3. The number of carbonyl (C=O) groups excluding carboxylic acids is 1. The summed E-state index contributed by atoms with van der Waals surface area (Å²) in [6.45, 7) is 11.6. The Bertz CT molecular complexity index is 1020. The van der Waals surface area contributed by atoms with Crippen LogP contribution in [0.1, 0.15) is 43.0 Å². The highest BCUT2D eigenvalue weighted by molar-refractivity contribution is 7.80. The van der Waals surface area contributed by atoms with E-state index in [9.17, 15) is 4.79 Å². The molecule has 0 amide bonds. The molecule has 7 nitrogen and oxygen atoms in total. The molecule has 0 aromatic heterocycles. The molecule has 0 saturated carbocycles. The summed E-state index contributed by atoms with van der Waals surface area (Å²) in [5.41, 5.74) is 9.55. The van der Waals surface area contributed by atoms with Crippen molar-refractivity contribution in [1.82, 2.24) is 5.32 Å². The van der Waals surface area contributed by atoms with Crippen molar-refractivity contribution in [2.24, 2.45) is 17.1 Å². The van der Waals surface area contributed by atoms with Gasteiger partial charge in [0.1, 0.15) is 6.61 Å². The zero-order valence-corrected chi connectivity index (χ0v) is 23.1. The van der Waals surface area contributed by atoms with Crippen molar-refractivity contribution >= 4 is 23.4 Å². The number of carbonyl (C=O) groups is 1. The third kappa shape index (κ3) is 9.66. The van der Waals surface area contributed by atoms with Crippen LogP contribution in [-0.4, -0.2) is 44.6 Å². The fourth-order valence-electron chi connectivity index (χ4n) is 3.37. The monoisotopic (exact) mass is 516 g/mol. The lowest BCUT2D eigenvalue weighted by Gasteiger charge is -2.22. The number of nitrogens with two attached hydrogens (primary N) is 1. The van der Waals surface area contributed by atoms with Crippen LogP contribution < -0.4 is 20.5 Å². The number of rotatable bonds is 12. The van der Waals surface area contributed by atoms with Crippen LogP contribution in [0.25, 0.3) is 0 Å². The van der Waals surface area contributed by atoms with Gasteiger partial charge in [0.05, 0.1) is 25.7 Å². The third-order valence-corrected chi connectivity index (χ3v) is 5.91. The summed E-state index contributed by atoms with van der Waals surface area (Å²) in [6, 6.07) is 12.0. The van der Waals surface area contributed by atoms with Crippen molar-refractivity contribution in [2.45, 2.75) is 47.6 Å². The Morgan fingerprint density at radius 3 is 2.33 bits per heavy atom. The number of esters is 1. The van der Waals surface area contributed by atoms with Crippen LogP contribution in [0.4, 0.5) is 0 Å². The third-order valence-electron chi connectivity index (χ3n) is 5.65. The van der Waals surface area contributed by atoms with Crippen LogP contribution in [0, 0.1) is 25.2 Å². The number of ether oxygens (including phenoxy) is 4. The van der Waals surface area contributed by atoms with Crippen LogP contribution >= 0.6 is 12.2 Å². The molecule has 0 aliphatic rings. The molecule has 2 aromatic rings. The first kappa shape index (κ1) is 29.4. The number of methoxy groups -OCH3 is 1. The van der Waals surface area contributed by atoms with Crippen molar-refractivity contribution in [1.29, 1.82) is 0 Å². The van der Waals surface area contributed by atoms with Crippen molar-refractivity contribution in [3.05, 3.63) is 58.7 Å². The Labute approximate surface area is 220 Å². The highest BCUT2D eigenvalue weighted by atomic mass is 32.1. The Hall–Kier alpha value is -2.84. The first-order valence-electron chi connectivity index (χ1n) is 12.2. The molecular formula is C28H40N2O5S.